The largest absolute Gasteiger partial charge is 0.429 e. The Hall–Kier alpha value is -0.880. The molecule has 0 aromatic carbocycles. The first-order chi connectivity index (χ1) is 4.92. The maximum absolute atomic E-state index is 10.3. The minimum atomic E-state index is -1.12. The molecule has 0 radical (unpaired) electrons. The van der Waals surface area contributed by atoms with Crippen LogP contribution in [0.4, 0.5) is 4.79 Å². The quantitative estimate of drug-likeness (QED) is 0.505. The number of nitrogens with two attached hydrogens (primary N) is 1. The van der Waals surface area contributed by atoms with E-state index in [9.17, 15) is 4.79 Å². The molecule has 1 amide bonds. The Morgan fingerprint density at radius 1 is 1.91 bits per heavy atom. The molecule has 0 aliphatic heterocycles. The third kappa shape index (κ3) is 2.69. The zero-order chi connectivity index (χ0) is 9.07. The summed E-state index contributed by atoms with van der Waals surface area (Å²) >= 11 is 5.65. The first-order valence-electron chi connectivity index (χ1n) is 3.02. The molecule has 0 aliphatic rings. The van der Waals surface area contributed by atoms with Crippen molar-refractivity contribution in [2.75, 3.05) is 0 Å². The summed E-state index contributed by atoms with van der Waals surface area (Å²) in [6, 6.07) is 0. The van der Waals surface area contributed by atoms with Gasteiger partial charge in [-0.3, -0.25) is 0 Å². The zero-order valence-electron chi connectivity index (χ0n) is 6.43. The molecule has 0 aromatic rings. The van der Waals surface area contributed by atoms with E-state index in [4.69, 9.17) is 23.8 Å². The van der Waals surface area contributed by atoms with Crippen molar-refractivity contribution in [2.24, 2.45) is 5.73 Å². The van der Waals surface area contributed by atoms with Gasteiger partial charge in [-0.05, 0) is 13.8 Å². The number of hydrogen-bond acceptors (Lipinski definition) is 2. The van der Waals surface area contributed by atoms with Crippen LogP contribution in [0.15, 0.2) is 0 Å². The lowest BCUT2D eigenvalue weighted by molar-refractivity contribution is 0.0737. The number of terminal acetylenes is 1. The lowest BCUT2D eigenvalue weighted by atomic mass is 10.0. The molecule has 0 rings (SSSR count). The van der Waals surface area contributed by atoms with Crippen molar-refractivity contribution in [3.63, 3.8) is 0 Å². The molecular formula is C7H10ClNO2. The van der Waals surface area contributed by atoms with Crippen LogP contribution in [0, 0.1) is 12.3 Å². The van der Waals surface area contributed by atoms with Gasteiger partial charge in [-0.1, -0.05) is 5.92 Å². The molecule has 3 nitrogen and oxygen atoms in total. The molecule has 2 N–H and O–H groups in total. The molecule has 0 spiro atoms. The fraction of sp³-hybridized carbons (Fsp3) is 0.571. The van der Waals surface area contributed by atoms with E-state index in [-0.39, 0.29) is 0 Å². The number of ether oxygens (including phenoxy) is 1. The summed E-state index contributed by atoms with van der Waals surface area (Å²) < 4.78 is 4.62. The third-order valence-electron chi connectivity index (χ3n) is 1.36. The van der Waals surface area contributed by atoms with Gasteiger partial charge in [-0.2, -0.15) is 0 Å². The fourth-order valence-corrected chi connectivity index (χ4v) is 0.542. The van der Waals surface area contributed by atoms with Crippen molar-refractivity contribution in [2.45, 2.75) is 24.8 Å². The Labute approximate surface area is 70.8 Å². The van der Waals surface area contributed by atoms with Gasteiger partial charge < -0.3 is 10.5 Å². The van der Waals surface area contributed by atoms with Crippen molar-refractivity contribution in [3.05, 3.63) is 0 Å². The van der Waals surface area contributed by atoms with Gasteiger partial charge in [0.2, 0.25) is 0 Å². The van der Waals surface area contributed by atoms with E-state index in [1.807, 2.05) is 0 Å². The highest BCUT2D eigenvalue weighted by molar-refractivity contribution is 6.21. The average molecular weight is 176 g/mol. The Bertz CT molecular complexity index is 197. The van der Waals surface area contributed by atoms with E-state index in [1.165, 1.54) is 6.92 Å². The normalized spacial score (nSPS) is 17.6. The number of primary amides is 1. The standard InChI is InChI=1S/C7H10ClNO2/c1-4-7(3,5(2)8)11-6(9)10/h1,5H,2-3H3,(H2,9,10). The molecule has 0 aliphatic carbocycles. The monoisotopic (exact) mass is 175 g/mol. The predicted molar refractivity (Wildman–Crippen MR) is 43.2 cm³/mol. The van der Waals surface area contributed by atoms with E-state index in [2.05, 4.69) is 10.7 Å². The molecule has 11 heavy (non-hydrogen) atoms. The summed E-state index contributed by atoms with van der Waals surface area (Å²) in [6.07, 6.45) is 4.17. The second kappa shape index (κ2) is 3.49. The summed E-state index contributed by atoms with van der Waals surface area (Å²) in [5, 5.41) is -0.472. The Kier molecular flexibility index (Phi) is 3.21. The number of carbonyl (C=O) groups is 1. The van der Waals surface area contributed by atoms with Crippen LogP contribution in [0.5, 0.6) is 0 Å². The van der Waals surface area contributed by atoms with E-state index in [0.29, 0.717) is 0 Å². The molecule has 0 aromatic heterocycles. The lowest BCUT2D eigenvalue weighted by Gasteiger charge is -2.24. The van der Waals surface area contributed by atoms with Crippen LogP contribution < -0.4 is 5.73 Å². The first kappa shape index (κ1) is 10.1. The molecule has 0 bridgehead atoms. The summed E-state index contributed by atoms with van der Waals surface area (Å²) in [4.78, 5) is 10.3. The second-order valence-corrected chi connectivity index (χ2v) is 2.94. The van der Waals surface area contributed by atoms with Crippen LogP contribution in [0.25, 0.3) is 0 Å². The van der Waals surface area contributed by atoms with Gasteiger partial charge in [0.25, 0.3) is 0 Å². The summed E-state index contributed by atoms with van der Waals surface area (Å²) in [6.45, 7) is 3.15. The molecule has 0 saturated carbocycles. The van der Waals surface area contributed by atoms with Gasteiger partial charge in [0.05, 0.1) is 5.38 Å². The third-order valence-corrected chi connectivity index (χ3v) is 1.77. The molecule has 4 heteroatoms. The maximum Gasteiger partial charge on any atom is 0.406 e. The number of amides is 1. The highest BCUT2D eigenvalue weighted by Crippen LogP contribution is 2.19. The van der Waals surface area contributed by atoms with E-state index in [0.717, 1.165) is 0 Å². The molecule has 62 valence electrons. The molecule has 0 heterocycles. The number of halogens is 1. The topological polar surface area (TPSA) is 52.3 Å². The zero-order valence-corrected chi connectivity index (χ0v) is 7.18. The van der Waals surface area contributed by atoms with E-state index < -0.39 is 17.1 Å². The SMILES string of the molecule is C#CC(C)(OC(N)=O)C(C)Cl. The van der Waals surface area contributed by atoms with Gasteiger partial charge in [0, 0.05) is 0 Å². The summed E-state index contributed by atoms with van der Waals surface area (Å²) in [5.74, 6) is 2.25. The maximum atomic E-state index is 10.3. The van der Waals surface area contributed by atoms with Crippen LogP contribution in [-0.2, 0) is 4.74 Å². The summed E-state index contributed by atoms with van der Waals surface area (Å²) in [7, 11) is 0. The summed E-state index contributed by atoms with van der Waals surface area (Å²) in [5.41, 5.74) is 3.66. The van der Waals surface area contributed by atoms with Gasteiger partial charge in [0.1, 0.15) is 0 Å². The van der Waals surface area contributed by atoms with Crippen LogP contribution in [0.3, 0.4) is 0 Å². The molecule has 0 fully saturated rings. The van der Waals surface area contributed by atoms with Crippen molar-refractivity contribution in [3.8, 4) is 12.3 Å². The predicted octanol–water partition coefficient (Wildman–Crippen LogP) is 1.10. The van der Waals surface area contributed by atoms with Gasteiger partial charge in [0.15, 0.2) is 5.60 Å². The number of alkyl halides is 1. The van der Waals surface area contributed by atoms with Gasteiger partial charge >= 0.3 is 6.09 Å². The van der Waals surface area contributed by atoms with Crippen molar-refractivity contribution < 1.29 is 9.53 Å². The minimum absolute atomic E-state index is 0.472. The molecular weight excluding hydrogens is 166 g/mol. The number of rotatable bonds is 2. The molecule has 2 unspecified atom stereocenters. The highest BCUT2D eigenvalue weighted by Gasteiger charge is 2.31. The number of carbonyl (C=O) groups excluding carboxylic acids is 1. The van der Waals surface area contributed by atoms with Crippen LogP contribution >= 0.6 is 11.6 Å². The smallest absolute Gasteiger partial charge is 0.406 e. The minimum Gasteiger partial charge on any atom is -0.429 e. The van der Waals surface area contributed by atoms with Crippen molar-refractivity contribution in [1.29, 1.82) is 0 Å². The van der Waals surface area contributed by atoms with E-state index >= 15 is 0 Å². The van der Waals surface area contributed by atoms with Crippen molar-refractivity contribution >= 4 is 17.7 Å². The Balaban J connectivity index is 4.38. The highest BCUT2D eigenvalue weighted by atomic mass is 35.5. The first-order valence-corrected chi connectivity index (χ1v) is 3.46. The Morgan fingerprint density at radius 3 is 2.45 bits per heavy atom. The lowest BCUT2D eigenvalue weighted by Crippen LogP contribution is -2.39. The molecule has 2 atom stereocenters. The average Bonchev–Trinajstić information content (AvgIpc) is 1.86. The second-order valence-electron chi connectivity index (χ2n) is 2.29. The van der Waals surface area contributed by atoms with E-state index in [1.54, 1.807) is 6.92 Å². The fourth-order valence-electron chi connectivity index (χ4n) is 0.434. The van der Waals surface area contributed by atoms with Gasteiger partial charge in [-0.15, -0.1) is 18.0 Å². The van der Waals surface area contributed by atoms with Crippen molar-refractivity contribution in [1.82, 2.24) is 0 Å². The van der Waals surface area contributed by atoms with Gasteiger partial charge in [-0.25, -0.2) is 4.79 Å². The Morgan fingerprint density at radius 2 is 2.36 bits per heavy atom. The number of hydrogen-bond donors (Lipinski definition) is 1. The van der Waals surface area contributed by atoms with Crippen LogP contribution in [0.2, 0.25) is 0 Å². The van der Waals surface area contributed by atoms with Crippen LogP contribution in [-0.4, -0.2) is 17.1 Å². The van der Waals surface area contributed by atoms with Crippen LogP contribution in [0.1, 0.15) is 13.8 Å². The molecule has 0 saturated heterocycles.